The molecule has 3 rings (SSSR count). The molecule has 0 saturated carbocycles. The maximum Gasteiger partial charge on any atom is 0.238 e. The number of amides is 1. The van der Waals surface area contributed by atoms with Crippen LogP contribution in [0.1, 0.15) is 0 Å². The molecular formula is C14H19N5O3S. The van der Waals surface area contributed by atoms with Crippen LogP contribution in [0.5, 0.6) is 0 Å². The van der Waals surface area contributed by atoms with E-state index in [1.165, 1.54) is 10.6 Å². The average molecular weight is 337 g/mol. The zero-order chi connectivity index (χ0) is 16.4. The monoisotopic (exact) mass is 337 g/mol. The second-order valence-corrected chi connectivity index (χ2v) is 7.64. The van der Waals surface area contributed by atoms with Gasteiger partial charge >= 0.3 is 0 Å². The van der Waals surface area contributed by atoms with E-state index in [1.807, 2.05) is 23.1 Å². The summed E-state index contributed by atoms with van der Waals surface area (Å²) in [5, 5.41) is 10.6. The number of hydrogen-bond acceptors (Lipinski definition) is 5. The number of carbonyl (C=O) groups is 1. The third-order valence-corrected chi connectivity index (χ3v) is 5.20. The van der Waals surface area contributed by atoms with Crippen LogP contribution in [-0.4, -0.2) is 72.7 Å². The molecule has 0 bridgehead atoms. The van der Waals surface area contributed by atoms with Crippen LogP contribution < -0.4 is 5.32 Å². The summed E-state index contributed by atoms with van der Waals surface area (Å²) in [5.74, 6) is -0.114. The van der Waals surface area contributed by atoms with E-state index in [2.05, 4.69) is 15.5 Å². The van der Waals surface area contributed by atoms with Gasteiger partial charge < -0.3 is 5.32 Å². The minimum Gasteiger partial charge on any atom is -0.325 e. The van der Waals surface area contributed by atoms with Gasteiger partial charge in [0.2, 0.25) is 15.9 Å². The van der Waals surface area contributed by atoms with Crippen LogP contribution >= 0.6 is 0 Å². The quantitative estimate of drug-likeness (QED) is 0.823. The molecular weight excluding hydrogens is 318 g/mol. The lowest BCUT2D eigenvalue weighted by Crippen LogP contribution is -2.50. The highest BCUT2D eigenvalue weighted by Crippen LogP contribution is 2.16. The highest BCUT2D eigenvalue weighted by atomic mass is 32.2. The molecule has 0 unspecified atom stereocenters. The van der Waals surface area contributed by atoms with Gasteiger partial charge in [-0.05, 0) is 18.2 Å². The minimum atomic E-state index is -3.14. The van der Waals surface area contributed by atoms with E-state index in [-0.39, 0.29) is 12.5 Å². The summed E-state index contributed by atoms with van der Waals surface area (Å²) in [5.41, 5.74) is 1.58. The molecule has 1 amide bonds. The Labute approximate surface area is 134 Å². The van der Waals surface area contributed by atoms with Crippen molar-refractivity contribution in [3.63, 3.8) is 0 Å². The van der Waals surface area contributed by atoms with Crippen LogP contribution in [0.15, 0.2) is 24.4 Å². The first-order valence-corrected chi connectivity index (χ1v) is 9.17. The standard InChI is InChI=1S/C14H19N5O3S/c1-23(21,22)19-6-4-18(5-7-19)10-14(20)16-12-3-2-11-9-15-17-13(11)8-12/h2-3,8-9H,4-7,10H2,1H3,(H,15,17)(H,16,20). The molecule has 0 spiro atoms. The molecule has 2 N–H and O–H groups in total. The lowest BCUT2D eigenvalue weighted by Gasteiger charge is -2.32. The molecule has 0 atom stereocenters. The van der Waals surface area contributed by atoms with E-state index < -0.39 is 10.0 Å². The summed E-state index contributed by atoms with van der Waals surface area (Å²) in [7, 11) is -3.14. The van der Waals surface area contributed by atoms with Gasteiger partial charge in [-0.2, -0.15) is 9.40 Å². The highest BCUT2D eigenvalue weighted by molar-refractivity contribution is 7.88. The SMILES string of the molecule is CS(=O)(=O)N1CCN(CC(=O)Nc2ccc3cn[nH]c3c2)CC1. The number of anilines is 1. The fourth-order valence-electron chi connectivity index (χ4n) is 2.64. The van der Waals surface area contributed by atoms with E-state index in [9.17, 15) is 13.2 Å². The predicted octanol–water partition coefficient (Wildman–Crippen LogP) is 0.0786. The van der Waals surface area contributed by atoms with Crippen molar-refractivity contribution in [2.24, 2.45) is 0 Å². The molecule has 8 nitrogen and oxygen atoms in total. The number of nitrogens with one attached hydrogen (secondary N) is 2. The third kappa shape index (κ3) is 3.87. The fourth-order valence-corrected chi connectivity index (χ4v) is 3.46. The van der Waals surface area contributed by atoms with E-state index in [0.29, 0.717) is 31.9 Å². The number of aromatic amines is 1. The van der Waals surface area contributed by atoms with E-state index in [0.717, 1.165) is 10.9 Å². The van der Waals surface area contributed by atoms with Crippen molar-refractivity contribution in [1.82, 2.24) is 19.4 Å². The lowest BCUT2D eigenvalue weighted by molar-refractivity contribution is -0.117. The largest absolute Gasteiger partial charge is 0.325 e. The smallest absolute Gasteiger partial charge is 0.238 e. The van der Waals surface area contributed by atoms with Gasteiger partial charge in [0, 0.05) is 37.3 Å². The Kier molecular flexibility index (Phi) is 4.33. The summed E-state index contributed by atoms with van der Waals surface area (Å²) in [6, 6.07) is 5.55. The number of benzene rings is 1. The van der Waals surface area contributed by atoms with Crippen molar-refractivity contribution in [3.05, 3.63) is 24.4 Å². The summed E-state index contributed by atoms with van der Waals surface area (Å²) in [6.45, 7) is 2.21. The zero-order valence-corrected chi connectivity index (χ0v) is 13.6. The van der Waals surface area contributed by atoms with E-state index in [1.54, 1.807) is 6.20 Å². The molecule has 0 aliphatic carbocycles. The van der Waals surface area contributed by atoms with Gasteiger partial charge in [-0.3, -0.25) is 14.8 Å². The fraction of sp³-hybridized carbons (Fsp3) is 0.429. The van der Waals surface area contributed by atoms with Crippen molar-refractivity contribution < 1.29 is 13.2 Å². The van der Waals surface area contributed by atoms with Crippen molar-refractivity contribution in [3.8, 4) is 0 Å². The number of piperazine rings is 1. The normalized spacial score (nSPS) is 17.4. The van der Waals surface area contributed by atoms with Crippen LogP contribution in [0.3, 0.4) is 0 Å². The molecule has 1 aromatic carbocycles. The molecule has 1 aromatic heterocycles. The first-order valence-electron chi connectivity index (χ1n) is 7.32. The number of aromatic nitrogens is 2. The lowest BCUT2D eigenvalue weighted by atomic mass is 10.2. The predicted molar refractivity (Wildman–Crippen MR) is 87.6 cm³/mol. The number of nitrogens with zero attached hydrogens (tertiary/aromatic N) is 3. The van der Waals surface area contributed by atoms with Crippen molar-refractivity contribution in [2.75, 3.05) is 44.3 Å². The molecule has 2 heterocycles. The van der Waals surface area contributed by atoms with Gasteiger partial charge in [-0.15, -0.1) is 0 Å². The molecule has 0 radical (unpaired) electrons. The van der Waals surface area contributed by atoms with Crippen LogP contribution in [0, 0.1) is 0 Å². The first kappa shape index (κ1) is 15.9. The van der Waals surface area contributed by atoms with E-state index in [4.69, 9.17) is 0 Å². The van der Waals surface area contributed by atoms with Crippen molar-refractivity contribution in [2.45, 2.75) is 0 Å². The maximum atomic E-state index is 12.1. The third-order valence-electron chi connectivity index (χ3n) is 3.89. The zero-order valence-electron chi connectivity index (χ0n) is 12.8. The van der Waals surface area contributed by atoms with Crippen LogP contribution in [0.4, 0.5) is 5.69 Å². The Hall–Kier alpha value is -1.97. The molecule has 124 valence electrons. The van der Waals surface area contributed by atoms with Gasteiger partial charge in [0.25, 0.3) is 0 Å². The molecule has 1 fully saturated rings. The topological polar surface area (TPSA) is 98.4 Å². The summed E-state index contributed by atoms with van der Waals surface area (Å²) < 4.78 is 24.4. The summed E-state index contributed by atoms with van der Waals surface area (Å²) in [4.78, 5) is 14.1. The Morgan fingerprint density at radius 3 is 2.74 bits per heavy atom. The van der Waals surface area contributed by atoms with E-state index >= 15 is 0 Å². The van der Waals surface area contributed by atoms with Crippen LogP contribution in [0.25, 0.3) is 10.9 Å². The Morgan fingerprint density at radius 1 is 1.30 bits per heavy atom. The van der Waals surface area contributed by atoms with Gasteiger partial charge in [-0.25, -0.2) is 8.42 Å². The van der Waals surface area contributed by atoms with Gasteiger partial charge in [0.1, 0.15) is 0 Å². The molecule has 9 heteroatoms. The first-order chi connectivity index (χ1) is 10.9. The number of fused-ring (bicyclic) bond motifs is 1. The number of sulfonamides is 1. The second kappa shape index (κ2) is 6.26. The molecule has 1 saturated heterocycles. The molecule has 1 aliphatic heterocycles. The average Bonchev–Trinajstić information content (AvgIpc) is 2.94. The van der Waals surface area contributed by atoms with Gasteiger partial charge in [-0.1, -0.05) is 0 Å². The maximum absolute atomic E-state index is 12.1. The highest BCUT2D eigenvalue weighted by Gasteiger charge is 2.24. The van der Waals surface area contributed by atoms with Gasteiger partial charge in [0.15, 0.2) is 0 Å². The van der Waals surface area contributed by atoms with Crippen LogP contribution in [-0.2, 0) is 14.8 Å². The van der Waals surface area contributed by atoms with Crippen LogP contribution in [0.2, 0.25) is 0 Å². The molecule has 23 heavy (non-hydrogen) atoms. The van der Waals surface area contributed by atoms with Gasteiger partial charge in [0.05, 0.1) is 24.5 Å². The van der Waals surface area contributed by atoms with Crippen molar-refractivity contribution in [1.29, 1.82) is 0 Å². The minimum absolute atomic E-state index is 0.114. The molecule has 1 aliphatic rings. The number of carbonyl (C=O) groups excluding carboxylic acids is 1. The summed E-state index contributed by atoms with van der Waals surface area (Å²) >= 11 is 0. The Balaban J connectivity index is 1.53. The number of hydrogen-bond donors (Lipinski definition) is 2. The Morgan fingerprint density at radius 2 is 2.04 bits per heavy atom. The van der Waals surface area contributed by atoms with Crippen molar-refractivity contribution >= 4 is 32.5 Å². The number of rotatable bonds is 4. The number of H-pyrrole nitrogens is 1. The Bertz CT molecular complexity index is 809. The molecule has 2 aromatic rings. The second-order valence-electron chi connectivity index (χ2n) is 5.66. The summed E-state index contributed by atoms with van der Waals surface area (Å²) in [6.07, 6.45) is 2.93.